The van der Waals surface area contributed by atoms with Gasteiger partial charge in [0.05, 0.1) is 4.92 Å². The average molecular weight is 249 g/mol. The smallest absolute Gasteiger partial charge is 0.352 e. The lowest BCUT2D eigenvalue weighted by atomic mass is 10.1. The molecule has 0 spiro atoms. The highest BCUT2D eigenvalue weighted by molar-refractivity contribution is 5.98. The number of nitrogens with zero attached hydrogens (tertiary/aromatic N) is 1. The fourth-order valence-electron chi connectivity index (χ4n) is 1.94. The zero-order valence-electron chi connectivity index (χ0n) is 9.34. The minimum Gasteiger partial charge on any atom is -0.477 e. The lowest BCUT2D eigenvalue weighted by Gasteiger charge is -1.98. The van der Waals surface area contributed by atoms with Gasteiger partial charge in [-0.05, 0) is 24.6 Å². The summed E-state index contributed by atoms with van der Waals surface area (Å²) < 4.78 is 0. The van der Waals surface area contributed by atoms with Gasteiger partial charge in [-0.1, -0.05) is 0 Å². The SMILES string of the molecule is NCCc1c(C(=O)O)[nH]c2ccc([N+](=O)[O-])cc12. The fraction of sp³-hybridized carbons (Fsp3) is 0.182. The van der Waals surface area contributed by atoms with E-state index in [1.54, 1.807) is 0 Å². The van der Waals surface area contributed by atoms with Crippen LogP contribution >= 0.6 is 0 Å². The van der Waals surface area contributed by atoms with Crippen molar-refractivity contribution in [1.29, 1.82) is 0 Å². The van der Waals surface area contributed by atoms with Crippen LogP contribution in [0.1, 0.15) is 16.1 Å². The predicted octanol–water partition coefficient (Wildman–Crippen LogP) is 1.28. The molecule has 1 heterocycles. The summed E-state index contributed by atoms with van der Waals surface area (Å²) in [5.74, 6) is -1.10. The molecule has 2 aromatic rings. The Morgan fingerprint density at radius 3 is 2.78 bits per heavy atom. The number of hydrogen-bond donors (Lipinski definition) is 3. The predicted molar refractivity (Wildman–Crippen MR) is 64.7 cm³/mol. The molecular weight excluding hydrogens is 238 g/mol. The zero-order valence-corrected chi connectivity index (χ0v) is 9.34. The van der Waals surface area contributed by atoms with Crippen LogP contribution in [0, 0.1) is 10.1 Å². The molecular formula is C11H11N3O4. The molecule has 4 N–H and O–H groups in total. The molecule has 18 heavy (non-hydrogen) atoms. The first kappa shape index (κ1) is 12.1. The van der Waals surface area contributed by atoms with E-state index in [1.807, 2.05) is 0 Å². The number of H-pyrrole nitrogens is 1. The van der Waals surface area contributed by atoms with E-state index in [0.29, 0.717) is 22.9 Å². The topological polar surface area (TPSA) is 122 Å². The third-order valence-corrected chi connectivity index (χ3v) is 2.71. The first-order chi connectivity index (χ1) is 8.54. The number of carboxylic acids is 1. The van der Waals surface area contributed by atoms with E-state index in [4.69, 9.17) is 10.8 Å². The van der Waals surface area contributed by atoms with Gasteiger partial charge in [-0.15, -0.1) is 0 Å². The van der Waals surface area contributed by atoms with Crippen molar-refractivity contribution in [3.8, 4) is 0 Å². The van der Waals surface area contributed by atoms with Crippen LogP contribution in [0.5, 0.6) is 0 Å². The summed E-state index contributed by atoms with van der Waals surface area (Å²) in [4.78, 5) is 24.0. The number of nitro benzene ring substituents is 1. The Bertz CT molecular complexity index is 632. The maximum atomic E-state index is 11.1. The Hall–Kier alpha value is -2.41. The van der Waals surface area contributed by atoms with Gasteiger partial charge in [-0.2, -0.15) is 0 Å². The number of aromatic amines is 1. The van der Waals surface area contributed by atoms with Crippen molar-refractivity contribution in [3.05, 3.63) is 39.6 Å². The Morgan fingerprint density at radius 2 is 2.22 bits per heavy atom. The molecule has 94 valence electrons. The quantitative estimate of drug-likeness (QED) is 0.556. The Morgan fingerprint density at radius 1 is 1.50 bits per heavy atom. The van der Waals surface area contributed by atoms with Crippen molar-refractivity contribution >= 4 is 22.6 Å². The van der Waals surface area contributed by atoms with E-state index in [2.05, 4.69) is 4.98 Å². The third kappa shape index (κ3) is 1.91. The second-order valence-electron chi connectivity index (χ2n) is 3.81. The molecule has 0 radical (unpaired) electrons. The van der Waals surface area contributed by atoms with Crippen LogP contribution in [0.4, 0.5) is 5.69 Å². The summed E-state index contributed by atoms with van der Waals surface area (Å²) in [5.41, 5.74) is 6.46. The highest BCUT2D eigenvalue weighted by Crippen LogP contribution is 2.26. The summed E-state index contributed by atoms with van der Waals surface area (Å²) in [6, 6.07) is 4.19. The Balaban J connectivity index is 2.71. The van der Waals surface area contributed by atoms with Crippen LogP contribution in [0.25, 0.3) is 10.9 Å². The van der Waals surface area contributed by atoms with Crippen LogP contribution in [0.15, 0.2) is 18.2 Å². The highest BCUT2D eigenvalue weighted by atomic mass is 16.6. The number of aromatic carboxylic acids is 1. The van der Waals surface area contributed by atoms with E-state index in [1.165, 1.54) is 18.2 Å². The van der Waals surface area contributed by atoms with E-state index < -0.39 is 10.9 Å². The molecule has 0 saturated carbocycles. The molecule has 0 unspecified atom stereocenters. The number of nitrogens with one attached hydrogen (secondary N) is 1. The van der Waals surface area contributed by atoms with Crippen LogP contribution in [0.2, 0.25) is 0 Å². The van der Waals surface area contributed by atoms with Gasteiger partial charge in [0.25, 0.3) is 5.69 Å². The molecule has 0 aliphatic carbocycles. The Labute approximate surface area is 101 Å². The summed E-state index contributed by atoms with van der Waals surface area (Å²) >= 11 is 0. The van der Waals surface area contributed by atoms with Gasteiger partial charge in [0.2, 0.25) is 0 Å². The minimum absolute atomic E-state index is 0.0379. The lowest BCUT2D eigenvalue weighted by Crippen LogP contribution is -2.07. The molecule has 0 saturated heterocycles. The van der Waals surface area contributed by atoms with Gasteiger partial charge in [0.1, 0.15) is 5.69 Å². The molecule has 0 aliphatic rings. The van der Waals surface area contributed by atoms with Crippen molar-refractivity contribution in [2.75, 3.05) is 6.54 Å². The summed E-state index contributed by atoms with van der Waals surface area (Å²) in [7, 11) is 0. The van der Waals surface area contributed by atoms with E-state index >= 15 is 0 Å². The lowest BCUT2D eigenvalue weighted by molar-refractivity contribution is -0.384. The molecule has 0 atom stereocenters. The minimum atomic E-state index is -1.10. The number of carboxylic acid groups (broad SMARTS) is 1. The average Bonchev–Trinajstić information content (AvgIpc) is 2.68. The van der Waals surface area contributed by atoms with Crippen molar-refractivity contribution in [3.63, 3.8) is 0 Å². The molecule has 0 aliphatic heterocycles. The van der Waals surface area contributed by atoms with Crippen molar-refractivity contribution in [1.82, 2.24) is 4.98 Å². The van der Waals surface area contributed by atoms with Gasteiger partial charge in [-0.25, -0.2) is 4.79 Å². The summed E-state index contributed by atoms with van der Waals surface area (Å²) in [5, 5.41) is 20.3. The molecule has 0 fully saturated rings. The van der Waals surface area contributed by atoms with Crippen LogP contribution in [-0.2, 0) is 6.42 Å². The van der Waals surface area contributed by atoms with Crippen LogP contribution in [-0.4, -0.2) is 27.5 Å². The highest BCUT2D eigenvalue weighted by Gasteiger charge is 2.18. The molecule has 7 nitrogen and oxygen atoms in total. The molecule has 1 aromatic carbocycles. The zero-order chi connectivity index (χ0) is 13.3. The number of benzene rings is 1. The monoisotopic (exact) mass is 249 g/mol. The number of aromatic nitrogens is 1. The molecule has 7 heteroatoms. The van der Waals surface area contributed by atoms with Gasteiger partial charge in [0, 0.05) is 23.0 Å². The number of nitro groups is 1. The fourth-order valence-corrected chi connectivity index (χ4v) is 1.94. The number of non-ortho nitro benzene ring substituents is 1. The first-order valence-corrected chi connectivity index (χ1v) is 5.27. The standard InChI is InChI=1S/C11H11N3O4/c12-4-3-7-8-5-6(14(17)18)1-2-9(8)13-10(7)11(15)16/h1-2,5,13H,3-4,12H2,(H,15,16). The number of hydrogen-bond acceptors (Lipinski definition) is 4. The van der Waals surface area contributed by atoms with Crippen molar-refractivity contribution in [2.24, 2.45) is 5.73 Å². The van der Waals surface area contributed by atoms with Gasteiger partial charge in [0.15, 0.2) is 0 Å². The van der Waals surface area contributed by atoms with E-state index in [-0.39, 0.29) is 17.9 Å². The molecule has 1 aromatic heterocycles. The third-order valence-electron chi connectivity index (χ3n) is 2.71. The maximum Gasteiger partial charge on any atom is 0.352 e. The van der Waals surface area contributed by atoms with Gasteiger partial charge >= 0.3 is 5.97 Å². The molecule has 0 bridgehead atoms. The number of carbonyl (C=O) groups is 1. The maximum absolute atomic E-state index is 11.1. The second-order valence-corrected chi connectivity index (χ2v) is 3.81. The number of nitrogens with two attached hydrogens (primary N) is 1. The van der Waals surface area contributed by atoms with Gasteiger partial charge in [-0.3, -0.25) is 10.1 Å². The largest absolute Gasteiger partial charge is 0.477 e. The summed E-state index contributed by atoms with van der Waals surface area (Å²) in [6.07, 6.45) is 0.350. The molecule has 2 rings (SSSR count). The van der Waals surface area contributed by atoms with E-state index in [0.717, 1.165) is 0 Å². The second kappa shape index (κ2) is 4.46. The van der Waals surface area contributed by atoms with Gasteiger partial charge < -0.3 is 15.8 Å². The van der Waals surface area contributed by atoms with Crippen LogP contribution in [0.3, 0.4) is 0 Å². The normalized spacial score (nSPS) is 10.7. The number of rotatable bonds is 4. The van der Waals surface area contributed by atoms with Crippen molar-refractivity contribution < 1.29 is 14.8 Å². The Kier molecular flexibility index (Phi) is 2.99. The van der Waals surface area contributed by atoms with E-state index in [9.17, 15) is 14.9 Å². The number of fused-ring (bicyclic) bond motifs is 1. The first-order valence-electron chi connectivity index (χ1n) is 5.27. The summed E-state index contributed by atoms with van der Waals surface area (Å²) in [6.45, 7) is 0.274. The van der Waals surface area contributed by atoms with Crippen molar-refractivity contribution in [2.45, 2.75) is 6.42 Å². The molecule has 0 amide bonds. The van der Waals surface area contributed by atoms with Crippen LogP contribution < -0.4 is 5.73 Å².